The number of benzene rings is 1. The number of halogens is 5. The van der Waals surface area contributed by atoms with E-state index in [1.807, 2.05) is 0 Å². The molecule has 0 amide bonds. The molecule has 0 saturated carbocycles. The molecule has 1 aromatic carbocycles. The number of alkyl halides is 5. The van der Waals surface area contributed by atoms with Crippen molar-refractivity contribution < 1.29 is 26.2 Å². The molecule has 108 valence electrons. The van der Waals surface area contributed by atoms with E-state index >= 15 is 0 Å². The molecule has 0 aliphatic rings. The molecule has 0 heterocycles. The molecular weight excluding hydrogens is 287 g/mol. The fourth-order valence-corrected chi connectivity index (χ4v) is 2.88. The highest BCUT2D eigenvalue weighted by Crippen LogP contribution is 2.37. The first-order chi connectivity index (χ1) is 8.45. The van der Waals surface area contributed by atoms with Crippen LogP contribution in [-0.4, -0.2) is 22.1 Å². The van der Waals surface area contributed by atoms with Crippen LogP contribution in [0.25, 0.3) is 0 Å². The van der Waals surface area contributed by atoms with E-state index in [0.29, 0.717) is 11.1 Å². The van der Waals surface area contributed by atoms with Gasteiger partial charge >= 0.3 is 12.1 Å². The Morgan fingerprint density at radius 2 is 1.42 bits per heavy atom. The van der Waals surface area contributed by atoms with Crippen molar-refractivity contribution in [2.45, 2.75) is 37.8 Å². The molecule has 7 heteroatoms. The molecule has 0 saturated heterocycles. The zero-order valence-corrected chi connectivity index (χ0v) is 11.4. The van der Waals surface area contributed by atoms with E-state index in [1.165, 1.54) is 13.0 Å². The maximum absolute atomic E-state index is 12.9. The average molecular weight is 300 g/mol. The van der Waals surface area contributed by atoms with Gasteiger partial charge in [-0.2, -0.15) is 22.0 Å². The molecule has 0 radical (unpaired) electrons. The van der Waals surface area contributed by atoms with Crippen molar-refractivity contribution >= 4 is 10.8 Å². The lowest BCUT2D eigenvalue weighted by molar-refractivity contribution is -0.271. The Kier molecular flexibility index (Phi) is 4.39. The molecule has 0 N–H and O–H groups in total. The molecule has 0 fully saturated rings. The van der Waals surface area contributed by atoms with Gasteiger partial charge in [-0.05, 0) is 43.5 Å². The largest absolute Gasteiger partial charge is 0.454 e. The monoisotopic (exact) mass is 300 g/mol. The van der Waals surface area contributed by atoms with Crippen molar-refractivity contribution in [3.05, 3.63) is 28.8 Å². The summed E-state index contributed by atoms with van der Waals surface area (Å²) in [6.45, 7) is 4.99. The van der Waals surface area contributed by atoms with E-state index in [2.05, 4.69) is 0 Å². The van der Waals surface area contributed by atoms with E-state index in [9.17, 15) is 26.2 Å². The minimum absolute atomic E-state index is 0.0204. The molecule has 0 spiro atoms. The van der Waals surface area contributed by atoms with Crippen LogP contribution in [0, 0.1) is 20.8 Å². The van der Waals surface area contributed by atoms with Gasteiger partial charge in [0.05, 0.1) is 10.8 Å². The van der Waals surface area contributed by atoms with Gasteiger partial charge in [0.25, 0.3) is 0 Å². The number of hydrogen-bond donors (Lipinski definition) is 0. The van der Waals surface area contributed by atoms with Crippen LogP contribution in [0.1, 0.15) is 16.7 Å². The fraction of sp³-hybridized carbons (Fsp3) is 0.500. The Morgan fingerprint density at radius 1 is 0.947 bits per heavy atom. The van der Waals surface area contributed by atoms with Crippen molar-refractivity contribution in [3.8, 4) is 0 Å². The maximum atomic E-state index is 12.9. The van der Waals surface area contributed by atoms with Crippen molar-refractivity contribution in [3.63, 3.8) is 0 Å². The summed E-state index contributed by atoms with van der Waals surface area (Å²) in [7, 11) is -2.40. The van der Waals surface area contributed by atoms with Gasteiger partial charge in [-0.25, -0.2) is 0 Å². The maximum Gasteiger partial charge on any atom is 0.454 e. The quantitative estimate of drug-likeness (QED) is 0.773. The van der Waals surface area contributed by atoms with Crippen LogP contribution >= 0.6 is 0 Å². The molecule has 0 aliphatic heterocycles. The molecule has 1 nitrogen and oxygen atoms in total. The summed E-state index contributed by atoms with van der Waals surface area (Å²) in [5.41, 5.74) is 2.00. The first kappa shape index (κ1) is 16.1. The smallest absolute Gasteiger partial charge is 0.254 e. The van der Waals surface area contributed by atoms with E-state index < -0.39 is 28.7 Å². The molecule has 19 heavy (non-hydrogen) atoms. The Labute approximate surface area is 110 Å². The van der Waals surface area contributed by atoms with Crippen LogP contribution in [0.5, 0.6) is 0 Å². The van der Waals surface area contributed by atoms with E-state index in [1.54, 1.807) is 19.9 Å². The second-order valence-electron chi connectivity index (χ2n) is 4.39. The number of hydrogen-bond acceptors (Lipinski definition) is 1. The average Bonchev–Trinajstić information content (AvgIpc) is 2.20. The summed E-state index contributed by atoms with van der Waals surface area (Å²) in [5.74, 6) is -6.71. The van der Waals surface area contributed by atoms with Gasteiger partial charge in [0.1, 0.15) is 5.75 Å². The zero-order valence-electron chi connectivity index (χ0n) is 10.6. The second kappa shape index (κ2) is 5.19. The van der Waals surface area contributed by atoms with Crippen LogP contribution in [0.2, 0.25) is 0 Å². The van der Waals surface area contributed by atoms with Gasteiger partial charge in [0.2, 0.25) is 0 Å². The molecule has 1 rings (SSSR count). The Bertz CT molecular complexity index is 508. The van der Waals surface area contributed by atoms with Gasteiger partial charge < -0.3 is 0 Å². The minimum atomic E-state index is -5.68. The summed E-state index contributed by atoms with van der Waals surface area (Å²) in [4.78, 5) is 0.0204. The summed E-state index contributed by atoms with van der Waals surface area (Å²) in [6.07, 6.45) is -5.68. The lowest BCUT2D eigenvalue weighted by Crippen LogP contribution is -2.41. The summed E-state index contributed by atoms with van der Waals surface area (Å²) in [6, 6.07) is 3.02. The van der Waals surface area contributed by atoms with Crippen LogP contribution in [0.15, 0.2) is 17.0 Å². The van der Waals surface area contributed by atoms with Gasteiger partial charge in [-0.3, -0.25) is 4.21 Å². The van der Waals surface area contributed by atoms with Crippen LogP contribution in [0.3, 0.4) is 0 Å². The molecule has 1 aromatic rings. The Hall–Kier alpha value is -0.980. The zero-order chi connectivity index (χ0) is 15.0. The standard InChI is InChI=1S/C12H13F5OS/c1-7-4-9(3)10(5-8(7)2)19(18)6-11(13,14)12(15,16)17/h4-5H,6H2,1-3H3. The van der Waals surface area contributed by atoms with E-state index in [-0.39, 0.29) is 4.90 Å². The lowest BCUT2D eigenvalue weighted by atomic mass is 10.1. The van der Waals surface area contributed by atoms with Gasteiger partial charge in [0.15, 0.2) is 0 Å². The van der Waals surface area contributed by atoms with Crippen molar-refractivity contribution in [2.24, 2.45) is 0 Å². The Balaban J connectivity index is 3.06. The number of aryl methyl sites for hydroxylation is 3. The van der Waals surface area contributed by atoms with Crippen molar-refractivity contribution in [2.75, 3.05) is 5.75 Å². The van der Waals surface area contributed by atoms with Gasteiger partial charge in [-0.1, -0.05) is 6.07 Å². The van der Waals surface area contributed by atoms with Crippen LogP contribution in [0.4, 0.5) is 22.0 Å². The summed E-state index contributed by atoms with van der Waals surface area (Å²) < 4.78 is 73.6. The third-order valence-corrected chi connectivity index (χ3v) is 4.32. The summed E-state index contributed by atoms with van der Waals surface area (Å²) in [5, 5.41) is 0. The van der Waals surface area contributed by atoms with Gasteiger partial charge in [-0.15, -0.1) is 0 Å². The SMILES string of the molecule is Cc1cc(C)c(S(=O)CC(F)(F)C(F)(F)F)cc1C. The van der Waals surface area contributed by atoms with E-state index in [0.717, 1.165) is 5.56 Å². The van der Waals surface area contributed by atoms with Crippen molar-refractivity contribution in [1.82, 2.24) is 0 Å². The highest BCUT2D eigenvalue weighted by atomic mass is 32.2. The highest BCUT2D eigenvalue weighted by Gasteiger charge is 2.58. The lowest BCUT2D eigenvalue weighted by Gasteiger charge is -2.19. The van der Waals surface area contributed by atoms with E-state index in [4.69, 9.17) is 0 Å². The topological polar surface area (TPSA) is 17.1 Å². The Morgan fingerprint density at radius 3 is 1.89 bits per heavy atom. The van der Waals surface area contributed by atoms with Crippen LogP contribution in [-0.2, 0) is 10.8 Å². The molecule has 0 aromatic heterocycles. The normalized spacial score (nSPS) is 14.5. The van der Waals surface area contributed by atoms with Crippen LogP contribution < -0.4 is 0 Å². The third-order valence-electron chi connectivity index (χ3n) is 2.76. The predicted molar refractivity (Wildman–Crippen MR) is 62.9 cm³/mol. The molecular formula is C12H13F5OS. The third kappa shape index (κ3) is 3.52. The minimum Gasteiger partial charge on any atom is -0.254 e. The molecule has 0 aliphatic carbocycles. The van der Waals surface area contributed by atoms with Gasteiger partial charge in [0, 0.05) is 4.90 Å². The van der Waals surface area contributed by atoms with Crippen molar-refractivity contribution in [1.29, 1.82) is 0 Å². The first-order valence-electron chi connectivity index (χ1n) is 5.36. The fourth-order valence-electron chi connectivity index (χ4n) is 1.50. The molecule has 1 atom stereocenters. The highest BCUT2D eigenvalue weighted by molar-refractivity contribution is 7.85. The number of rotatable bonds is 3. The summed E-state index contributed by atoms with van der Waals surface area (Å²) >= 11 is 0. The first-order valence-corrected chi connectivity index (χ1v) is 6.68. The second-order valence-corrected chi connectivity index (χ2v) is 5.81. The predicted octanol–water partition coefficient (Wildman–Crippen LogP) is 3.92. The molecule has 0 bridgehead atoms. The molecule has 1 unspecified atom stereocenters.